The molecule has 2 rings (SSSR count). The Labute approximate surface area is 116 Å². The molecule has 2 saturated heterocycles. The Balaban J connectivity index is 1.54. The van der Waals surface area contributed by atoms with E-state index in [2.05, 4.69) is 15.1 Å². The zero-order valence-electron chi connectivity index (χ0n) is 11.9. The Bertz CT molecular complexity index is 249. The van der Waals surface area contributed by atoms with Crippen molar-refractivity contribution in [3.8, 4) is 0 Å². The van der Waals surface area contributed by atoms with E-state index in [1.165, 1.54) is 38.9 Å². The number of rotatable bonds is 7. The zero-order chi connectivity index (χ0) is 13.3. The zero-order valence-corrected chi connectivity index (χ0v) is 11.9. The smallest absolute Gasteiger partial charge is 0.207 e. The summed E-state index contributed by atoms with van der Waals surface area (Å²) in [5.41, 5.74) is 0. The summed E-state index contributed by atoms with van der Waals surface area (Å²) in [6, 6.07) is 0. The summed E-state index contributed by atoms with van der Waals surface area (Å²) in [6.45, 7) is 9.52. The number of hydrogen-bond donors (Lipinski definition) is 1. The van der Waals surface area contributed by atoms with Crippen LogP contribution in [0.15, 0.2) is 0 Å². The summed E-state index contributed by atoms with van der Waals surface area (Å²) in [5, 5.41) is 2.73. The molecule has 0 atom stereocenters. The lowest BCUT2D eigenvalue weighted by Crippen LogP contribution is -2.48. The fourth-order valence-electron chi connectivity index (χ4n) is 2.92. The molecule has 110 valence electrons. The highest BCUT2D eigenvalue weighted by atomic mass is 16.5. The van der Waals surface area contributed by atoms with Crippen LogP contribution in [0.4, 0.5) is 0 Å². The molecule has 0 aromatic rings. The van der Waals surface area contributed by atoms with Crippen LogP contribution in [0.3, 0.4) is 0 Å². The number of carbonyl (C=O) groups excluding carboxylic acids is 1. The minimum Gasteiger partial charge on any atom is -0.381 e. The second kappa shape index (κ2) is 8.51. The Morgan fingerprint density at radius 3 is 2.32 bits per heavy atom. The third kappa shape index (κ3) is 5.47. The average Bonchev–Trinajstić information content (AvgIpc) is 2.48. The average molecular weight is 269 g/mol. The molecule has 5 nitrogen and oxygen atoms in total. The predicted octanol–water partition coefficient (Wildman–Crippen LogP) is 0.167. The van der Waals surface area contributed by atoms with Gasteiger partial charge >= 0.3 is 0 Å². The van der Waals surface area contributed by atoms with Crippen molar-refractivity contribution in [3.05, 3.63) is 0 Å². The maximum atomic E-state index is 10.2. The van der Waals surface area contributed by atoms with Crippen molar-refractivity contribution in [2.24, 2.45) is 5.92 Å². The Morgan fingerprint density at radius 2 is 1.68 bits per heavy atom. The normalized spacial score (nSPS) is 23.4. The van der Waals surface area contributed by atoms with Gasteiger partial charge in [-0.1, -0.05) is 0 Å². The summed E-state index contributed by atoms with van der Waals surface area (Å²) in [6.07, 6.45) is 4.61. The summed E-state index contributed by atoms with van der Waals surface area (Å²) in [5.74, 6) is 0.878. The van der Waals surface area contributed by atoms with E-state index in [9.17, 15) is 4.79 Å². The lowest BCUT2D eigenvalue weighted by molar-refractivity contribution is -0.109. The van der Waals surface area contributed by atoms with E-state index in [0.717, 1.165) is 51.7 Å². The molecule has 2 aliphatic rings. The summed E-state index contributed by atoms with van der Waals surface area (Å²) in [4.78, 5) is 15.2. The molecule has 0 aromatic heterocycles. The Kier molecular flexibility index (Phi) is 6.61. The first kappa shape index (κ1) is 14.8. The number of piperazine rings is 1. The van der Waals surface area contributed by atoms with Crippen molar-refractivity contribution in [2.75, 3.05) is 59.0 Å². The van der Waals surface area contributed by atoms with E-state index in [0.29, 0.717) is 0 Å². The second-order valence-electron chi connectivity index (χ2n) is 5.60. The van der Waals surface area contributed by atoms with E-state index in [1.807, 2.05) is 0 Å². The molecule has 0 spiro atoms. The molecule has 2 heterocycles. The molecule has 0 bridgehead atoms. The lowest BCUT2D eigenvalue weighted by Gasteiger charge is -2.35. The number of hydrogen-bond acceptors (Lipinski definition) is 4. The van der Waals surface area contributed by atoms with Gasteiger partial charge in [-0.2, -0.15) is 0 Å². The highest BCUT2D eigenvalue weighted by Crippen LogP contribution is 2.19. The van der Waals surface area contributed by atoms with Gasteiger partial charge in [0.25, 0.3) is 0 Å². The van der Waals surface area contributed by atoms with E-state index >= 15 is 0 Å². The first-order chi connectivity index (χ1) is 9.38. The predicted molar refractivity (Wildman–Crippen MR) is 75.1 cm³/mol. The molecule has 1 amide bonds. The van der Waals surface area contributed by atoms with Crippen LogP contribution >= 0.6 is 0 Å². The number of nitrogens with one attached hydrogen (secondary N) is 1. The van der Waals surface area contributed by atoms with E-state index in [4.69, 9.17) is 4.74 Å². The molecule has 19 heavy (non-hydrogen) atoms. The second-order valence-corrected chi connectivity index (χ2v) is 5.60. The van der Waals surface area contributed by atoms with Crippen LogP contribution in [0.5, 0.6) is 0 Å². The van der Waals surface area contributed by atoms with Gasteiger partial charge in [0, 0.05) is 52.5 Å². The maximum Gasteiger partial charge on any atom is 0.207 e. The number of amides is 1. The molecule has 1 N–H and O–H groups in total. The summed E-state index contributed by atoms with van der Waals surface area (Å²) in [7, 11) is 0. The van der Waals surface area contributed by atoms with Crippen molar-refractivity contribution >= 4 is 6.41 Å². The highest BCUT2D eigenvalue weighted by Gasteiger charge is 2.19. The summed E-state index contributed by atoms with van der Waals surface area (Å²) < 4.78 is 5.40. The maximum absolute atomic E-state index is 10.2. The lowest BCUT2D eigenvalue weighted by atomic mass is 9.96. The standard InChI is InChI=1S/C14H27N3O2/c18-13-15-4-6-17-9-7-16(8-10-17)5-1-14-2-11-19-12-3-14/h13-14H,1-12H2,(H,15,18). The van der Waals surface area contributed by atoms with Gasteiger partial charge in [-0.15, -0.1) is 0 Å². The molecule has 0 aromatic carbocycles. The van der Waals surface area contributed by atoms with Crippen molar-refractivity contribution < 1.29 is 9.53 Å². The molecule has 0 saturated carbocycles. The third-order valence-electron chi connectivity index (χ3n) is 4.32. The molecular formula is C14H27N3O2. The van der Waals surface area contributed by atoms with Gasteiger partial charge in [-0.3, -0.25) is 9.69 Å². The van der Waals surface area contributed by atoms with Crippen LogP contribution in [0.25, 0.3) is 0 Å². The van der Waals surface area contributed by atoms with E-state index < -0.39 is 0 Å². The fraction of sp³-hybridized carbons (Fsp3) is 0.929. The first-order valence-corrected chi connectivity index (χ1v) is 7.58. The highest BCUT2D eigenvalue weighted by molar-refractivity contribution is 5.45. The molecule has 2 fully saturated rings. The van der Waals surface area contributed by atoms with Crippen LogP contribution in [0.1, 0.15) is 19.3 Å². The van der Waals surface area contributed by atoms with Gasteiger partial charge in [0.15, 0.2) is 0 Å². The van der Waals surface area contributed by atoms with Crippen LogP contribution in [0.2, 0.25) is 0 Å². The van der Waals surface area contributed by atoms with Crippen molar-refractivity contribution in [2.45, 2.75) is 19.3 Å². The molecular weight excluding hydrogens is 242 g/mol. The number of ether oxygens (including phenoxy) is 1. The van der Waals surface area contributed by atoms with Crippen molar-refractivity contribution in [1.29, 1.82) is 0 Å². The van der Waals surface area contributed by atoms with Gasteiger partial charge in [0.05, 0.1) is 0 Å². The van der Waals surface area contributed by atoms with Gasteiger partial charge in [0.1, 0.15) is 0 Å². The van der Waals surface area contributed by atoms with Crippen LogP contribution in [-0.2, 0) is 9.53 Å². The monoisotopic (exact) mass is 269 g/mol. The van der Waals surface area contributed by atoms with Gasteiger partial charge in [0.2, 0.25) is 6.41 Å². The van der Waals surface area contributed by atoms with E-state index in [-0.39, 0.29) is 0 Å². The van der Waals surface area contributed by atoms with Gasteiger partial charge in [-0.05, 0) is 31.7 Å². The van der Waals surface area contributed by atoms with Gasteiger partial charge in [-0.25, -0.2) is 0 Å². The van der Waals surface area contributed by atoms with Crippen molar-refractivity contribution in [3.63, 3.8) is 0 Å². The van der Waals surface area contributed by atoms with Crippen LogP contribution in [-0.4, -0.2) is 75.2 Å². The largest absolute Gasteiger partial charge is 0.381 e. The third-order valence-corrected chi connectivity index (χ3v) is 4.32. The number of nitrogens with zero attached hydrogens (tertiary/aromatic N) is 2. The van der Waals surface area contributed by atoms with E-state index in [1.54, 1.807) is 0 Å². The van der Waals surface area contributed by atoms with Gasteiger partial charge < -0.3 is 15.0 Å². The Morgan fingerprint density at radius 1 is 1.05 bits per heavy atom. The minimum atomic E-state index is 0.769. The fourth-order valence-corrected chi connectivity index (χ4v) is 2.92. The first-order valence-electron chi connectivity index (χ1n) is 7.58. The minimum absolute atomic E-state index is 0.769. The Hall–Kier alpha value is -0.650. The quantitative estimate of drug-likeness (QED) is 0.528. The summed E-state index contributed by atoms with van der Waals surface area (Å²) >= 11 is 0. The molecule has 0 unspecified atom stereocenters. The topological polar surface area (TPSA) is 44.8 Å². The number of carbonyl (C=O) groups is 1. The molecule has 0 radical (unpaired) electrons. The van der Waals surface area contributed by atoms with Crippen molar-refractivity contribution in [1.82, 2.24) is 15.1 Å². The molecule has 2 aliphatic heterocycles. The molecule has 5 heteroatoms. The van der Waals surface area contributed by atoms with Crippen LogP contribution < -0.4 is 5.32 Å². The van der Waals surface area contributed by atoms with Crippen LogP contribution in [0, 0.1) is 5.92 Å². The molecule has 0 aliphatic carbocycles. The SMILES string of the molecule is O=CNCCN1CCN(CCC2CCOCC2)CC1.